The van der Waals surface area contributed by atoms with Gasteiger partial charge >= 0.3 is 13.2 Å². The van der Waals surface area contributed by atoms with Gasteiger partial charge in [0.1, 0.15) is 5.75 Å². The predicted octanol–water partition coefficient (Wildman–Crippen LogP) is 4.15. The Morgan fingerprint density at radius 1 is 0.920 bits per heavy atom. The van der Waals surface area contributed by atoms with Crippen LogP contribution in [0.25, 0.3) is 0 Å². The molecule has 9 heteroatoms. The Balaban J connectivity index is 2.11. The van der Waals surface area contributed by atoms with Gasteiger partial charge in [-0.2, -0.15) is 17.6 Å². The molecule has 0 heterocycles. The number of amides is 1. The second kappa shape index (κ2) is 8.22. The first-order chi connectivity index (χ1) is 11.9. The van der Waals surface area contributed by atoms with Gasteiger partial charge in [-0.15, -0.1) is 0 Å². The smallest absolute Gasteiger partial charge is 0.387 e. The zero-order valence-electron chi connectivity index (χ0n) is 12.8. The Hall–Kier alpha value is -2.97. The number of ether oxygens (including phenoxy) is 3. The highest BCUT2D eigenvalue weighted by molar-refractivity contribution is 6.04. The van der Waals surface area contributed by atoms with Gasteiger partial charge in [-0.3, -0.25) is 4.79 Å². The van der Waals surface area contributed by atoms with E-state index in [9.17, 15) is 22.4 Å². The number of halogens is 4. The van der Waals surface area contributed by atoms with Crippen LogP contribution in [0.1, 0.15) is 10.4 Å². The van der Waals surface area contributed by atoms with Crippen molar-refractivity contribution in [3.05, 3.63) is 48.0 Å². The van der Waals surface area contributed by atoms with Crippen LogP contribution >= 0.6 is 0 Å². The van der Waals surface area contributed by atoms with E-state index in [4.69, 9.17) is 4.74 Å². The Kier molecular flexibility index (Phi) is 6.04. The maximum atomic E-state index is 12.4. The van der Waals surface area contributed by atoms with E-state index in [0.29, 0.717) is 0 Å². The van der Waals surface area contributed by atoms with Gasteiger partial charge < -0.3 is 19.5 Å². The van der Waals surface area contributed by atoms with Crippen molar-refractivity contribution in [1.82, 2.24) is 0 Å². The van der Waals surface area contributed by atoms with Crippen LogP contribution in [0.15, 0.2) is 42.5 Å². The average Bonchev–Trinajstić information content (AvgIpc) is 2.54. The minimum absolute atomic E-state index is 0.0757. The van der Waals surface area contributed by atoms with E-state index >= 15 is 0 Å². The fourth-order valence-corrected chi connectivity index (χ4v) is 1.93. The molecule has 0 unspecified atom stereocenters. The van der Waals surface area contributed by atoms with Gasteiger partial charge in [0.05, 0.1) is 7.11 Å². The maximum Gasteiger partial charge on any atom is 0.387 e. The highest BCUT2D eigenvalue weighted by atomic mass is 19.3. The number of hydrogen-bond donors (Lipinski definition) is 1. The summed E-state index contributed by atoms with van der Waals surface area (Å²) in [6.45, 7) is -6.02. The van der Waals surface area contributed by atoms with Crippen LogP contribution in [0.5, 0.6) is 17.2 Å². The second-order valence-corrected chi connectivity index (χ2v) is 4.60. The first-order valence-electron chi connectivity index (χ1n) is 6.88. The topological polar surface area (TPSA) is 56.8 Å². The maximum absolute atomic E-state index is 12.4. The van der Waals surface area contributed by atoms with Crippen molar-refractivity contribution in [3.8, 4) is 17.2 Å². The molecule has 0 aliphatic carbocycles. The summed E-state index contributed by atoms with van der Waals surface area (Å²) in [6, 6.07) is 8.95. The van der Waals surface area contributed by atoms with Crippen molar-refractivity contribution in [2.45, 2.75) is 13.2 Å². The molecule has 1 N–H and O–H groups in total. The number of alkyl halides is 4. The van der Waals surface area contributed by atoms with Crippen molar-refractivity contribution in [3.63, 3.8) is 0 Å². The van der Waals surface area contributed by atoms with E-state index in [0.717, 1.165) is 0 Å². The lowest BCUT2D eigenvalue weighted by Crippen LogP contribution is -2.12. The highest BCUT2D eigenvalue weighted by Gasteiger charge is 2.13. The normalized spacial score (nSPS) is 10.7. The molecular weight excluding hydrogens is 346 g/mol. The van der Waals surface area contributed by atoms with Crippen molar-refractivity contribution < 1.29 is 36.6 Å². The lowest BCUT2D eigenvalue weighted by Gasteiger charge is -2.12. The molecule has 2 aromatic rings. The standard InChI is InChI=1S/C16H13F4NO4/c1-23-12-7-4-10(8-13(12)25-16(19)20)21-14(22)9-2-5-11(6-3-9)24-15(17)18/h2-8,15-16H,1H3,(H,21,22). The number of carbonyl (C=O) groups is 1. The molecular formula is C16H13F4NO4. The molecule has 0 bridgehead atoms. The molecule has 0 spiro atoms. The molecule has 0 atom stereocenters. The van der Waals surface area contributed by atoms with E-state index in [1.807, 2.05) is 0 Å². The predicted molar refractivity (Wildman–Crippen MR) is 80.7 cm³/mol. The summed E-state index contributed by atoms with van der Waals surface area (Å²) in [7, 11) is 1.29. The van der Waals surface area contributed by atoms with Crippen LogP contribution in [-0.2, 0) is 0 Å². The lowest BCUT2D eigenvalue weighted by atomic mass is 10.2. The average molecular weight is 359 g/mol. The van der Waals surface area contributed by atoms with E-state index in [1.54, 1.807) is 0 Å². The van der Waals surface area contributed by atoms with Gasteiger partial charge in [0, 0.05) is 17.3 Å². The fourth-order valence-electron chi connectivity index (χ4n) is 1.93. The number of methoxy groups -OCH3 is 1. The molecule has 134 valence electrons. The number of carbonyl (C=O) groups excluding carboxylic acids is 1. The van der Waals surface area contributed by atoms with Crippen molar-refractivity contribution in [1.29, 1.82) is 0 Å². The van der Waals surface area contributed by atoms with Crippen LogP contribution in [0.3, 0.4) is 0 Å². The third kappa shape index (κ3) is 5.27. The van der Waals surface area contributed by atoms with Crippen LogP contribution < -0.4 is 19.5 Å². The van der Waals surface area contributed by atoms with E-state index in [2.05, 4.69) is 14.8 Å². The first kappa shape index (κ1) is 18.4. The number of nitrogens with one attached hydrogen (secondary N) is 1. The summed E-state index contributed by atoms with van der Waals surface area (Å²) < 4.78 is 62.3. The summed E-state index contributed by atoms with van der Waals surface area (Å²) in [6.07, 6.45) is 0. The molecule has 0 fully saturated rings. The molecule has 1 amide bonds. The summed E-state index contributed by atoms with van der Waals surface area (Å²) in [5, 5.41) is 2.48. The van der Waals surface area contributed by atoms with Crippen LogP contribution in [-0.4, -0.2) is 26.2 Å². The third-order valence-corrected chi connectivity index (χ3v) is 2.98. The summed E-state index contributed by atoms with van der Waals surface area (Å²) in [5.41, 5.74) is 0.350. The minimum Gasteiger partial charge on any atom is -0.493 e. The molecule has 2 rings (SSSR count). The largest absolute Gasteiger partial charge is 0.493 e. The van der Waals surface area contributed by atoms with Crippen LogP contribution in [0.2, 0.25) is 0 Å². The SMILES string of the molecule is COc1ccc(NC(=O)c2ccc(OC(F)F)cc2)cc1OC(F)F. The minimum atomic E-state index is -3.05. The Labute approximate surface area is 140 Å². The summed E-state index contributed by atoms with van der Waals surface area (Å²) in [5.74, 6) is -0.830. The molecule has 0 saturated heterocycles. The monoisotopic (exact) mass is 359 g/mol. The highest BCUT2D eigenvalue weighted by Crippen LogP contribution is 2.31. The van der Waals surface area contributed by atoms with Crippen LogP contribution in [0.4, 0.5) is 23.2 Å². The first-order valence-corrected chi connectivity index (χ1v) is 6.88. The Bertz CT molecular complexity index is 723. The molecule has 0 aliphatic heterocycles. The van der Waals surface area contributed by atoms with Gasteiger partial charge in [0.15, 0.2) is 11.5 Å². The number of anilines is 1. The molecule has 0 radical (unpaired) electrons. The molecule has 0 aromatic heterocycles. The molecule has 0 aliphatic rings. The second-order valence-electron chi connectivity index (χ2n) is 4.60. The van der Waals surface area contributed by atoms with Crippen molar-refractivity contribution in [2.24, 2.45) is 0 Å². The quantitative estimate of drug-likeness (QED) is 0.755. The van der Waals surface area contributed by atoms with Crippen LogP contribution in [0, 0.1) is 0 Å². The fraction of sp³-hybridized carbons (Fsp3) is 0.188. The lowest BCUT2D eigenvalue weighted by molar-refractivity contribution is -0.0514. The Morgan fingerprint density at radius 2 is 1.56 bits per heavy atom. The molecule has 0 saturated carbocycles. The zero-order valence-corrected chi connectivity index (χ0v) is 12.8. The van der Waals surface area contributed by atoms with Gasteiger partial charge in [0.2, 0.25) is 0 Å². The zero-order chi connectivity index (χ0) is 18.4. The number of benzene rings is 2. The summed E-state index contributed by atoms with van der Waals surface area (Å²) >= 11 is 0. The van der Waals surface area contributed by atoms with E-state index in [-0.39, 0.29) is 28.5 Å². The Morgan fingerprint density at radius 3 is 2.12 bits per heavy atom. The van der Waals surface area contributed by atoms with Crippen molar-refractivity contribution in [2.75, 3.05) is 12.4 Å². The van der Waals surface area contributed by atoms with Gasteiger partial charge in [-0.05, 0) is 36.4 Å². The summed E-state index contributed by atoms with van der Waals surface area (Å²) in [4.78, 5) is 12.1. The number of hydrogen-bond acceptors (Lipinski definition) is 4. The van der Waals surface area contributed by atoms with E-state index < -0.39 is 19.1 Å². The molecule has 5 nitrogen and oxygen atoms in total. The third-order valence-electron chi connectivity index (χ3n) is 2.98. The molecule has 2 aromatic carbocycles. The van der Waals surface area contributed by atoms with Gasteiger partial charge in [-0.25, -0.2) is 0 Å². The van der Waals surface area contributed by atoms with Gasteiger partial charge in [0.25, 0.3) is 5.91 Å². The molecule has 25 heavy (non-hydrogen) atoms. The number of rotatable bonds is 7. The van der Waals surface area contributed by atoms with Gasteiger partial charge in [-0.1, -0.05) is 0 Å². The van der Waals surface area contributed by atoms with Crippen molar-refractivity contribution >= 4 is 11.6 Å². The van der Waals surface area contributed by atoms with E-state index in [1.165, 1.54) is 49.6 Å².